The average Bonchev–Trinajstić information content (AvgIpc) is 3.19. The average molecular weight is 248 g/mol. The normalized spacial score (nSPS) is 21.4. The summed E-state index contributed by atoms with van der Waals surface area (Å²) in [7, 11) is 1.65. The van der Waals surface area contributed by atoms with Gasteiger partial charge in [-0.15, -0.1) is 0 Å². The summed E-state index contributed by atoms with van der Waals surface area (Å²) in [5.41, 5.74) is 1.20. The number of ether oxygens (including phenoxy) is 2. The summed E-state index contributed by atoms with van der Waals surface area (Å²) in [5.74, 6) is 1.21. The minimum atomic E-state index is -0.0377. The van der Waals surface area contributed by atoms with E-state index >= 15 is 0 Å². The molecule has 98 valence electrons. The van der Waals surface area contributed by atoms with Crippen molar-refractivity contribution in [2.24, 2.45) is 5.92 Å². The summed E-state index contributed by atoms with van der Waals surface area (Å²) in [5, 5.41) is 0. The van der Waals surface area contributed by atoms with E-state index in [1.165, 1.54) is 5.56 Å². The van der Waals surface area contributed by atoms with Crippen LogP contribution in [0.3, 0.4) is 0 Å². The Hall–Kier alpha value is -1.51. The van der Waals surface area contributed by atoms with Crippen LogP contribution in [0.25, 0.3) is 0 Å². The third kappa shape index (κ3) is 3.03. The van der Waals surface area contributed by atoms with Gasteiger partial charge in [0.2, 0.25) is 0 Å². The van der Waals surface area contributed by atoms with Gasteiger partial charge in [0.05, 0.1) is 19.6 Å². The minimum absolute atomic E-state index is 0.0377. The number of carbonyl (C=O) groups is 1. The van der Waals surface area contributed by atoms with E-state index in [4.69, 9.17) is 9.47 Å². The van der Waals surface area contributed by atoms with E-state index in [1.807, 2.05) is 24.3 Å². The van der Waals surface area contributed by atoms with Crippen molar-refractivity contribution < 1.29 is 14.3 Å². The van der Waals surface area contributed by atoms with Gasteiger partial charge in [-0.2, -0.15) is 0 Å². The summed E-state index contributed by atoms with van der Waals surface area (Å²) in [4.78, 5) is 11.7. The van der Waals surface area contributed by atoms with E-state index in [0.29, 0.717) is 12.5 Å². The molecule has 0 amide bonds. The number of benzene rings is 1. The highest BCUT2D eigenvalue weighted by Crippen LogP contribution is 2.48. The van der Waals surface area contributed by atoms with Gasteiger partial charge in [-0.25, -0.2) is 0 Å². The second-order valence-electron chi connectivity index (χ2n) is 4.74. The monoisotopic (exact) mass is 248 g/mol. The molecule has 18 heavy (non-hydrogen) atoms. The van der Waals surface area contributed by atoms with E-state index in [0.717, 1.165) is 25.0 Å². The molecule has 1 aromatic rings. The molecule has 0 saturated heterocycles. The maximum absolute atomic E-state index is 11.7. The first-order valence-corrected chi connectivity index (χ1v) is 6.56. The van der Waals surface area contributed by atoms with Gasteiger partial charge in [-0.3, -0.25) is 4.79 Å². The highest BCUT2D eigenvalue weighted by atomic mass is 16.5. The van der Waals surface area contributed by atoms with E-state index in [2.05, 4.69) is 6.92 Å². The van der Waals surface area contributed by atoms with Crippen LogP contribution < -0.4 is 4.74 Å². The van der Waals surface area contributed by atoms with E-state index < -0.39 is 0 Å². The summed E-state index contributed by atoms with van der Waals surface area (Å²) in [6, 6.07) is 7.94. The third-order valence-corrected chi connectivity index (χ3v) is 3.38. The Labute approximate surface area is 108 Å². The number of carbonyl (C=O) groups excluding carboxylic acids is 1. The molecule has 0 spiro atoms. The van der Waals surface area contributed by atoms with Gasteiger partial charge in [-0.05, 0) is 36.5 Å². The number of hydrogen-bond donors (Lipinski definition) is 0. The lowest BCUT2D eigenvalue weighted by Crippen LogP contribution is -2.08. The molecule has 0 heterocycles. The minimum Gasteiger partial charge on any atom is -0.497 e. The Bertz CT molecular complexity index is 397. The van der Waals surface area contributed by atoms with Gasteiger partial charge in [-0.1, -0.05) is 25.5 Å². The maximum Gasteiger partial charge on any atom is 0.309 e. The molecule has 1 fully saturated rings. The zero-order chi connectivity index (χ0) is 13.0. The highest BCUT2D eigenvalue weighted by molar-refractivity contribution is 5.77. The van der Waals surface area contributed by atoms with Crippen LogP contribution in [0, 0.1) is 5.92 Å². The van der Waals surface area contributed by atoms with Gasteiger partial charge in [0.1, 0.15) is 5.75 Å². The zero-order valence-corrected chi connectivity index (χ0v) is 11.0. The fraction of sp³-hybridized carbons (Fsp3) is 0.533. The van der Waals surface area contributed by atoms with Crippen LogP contribution in [0.15, 0.2) is 24.3 Å². The molecule has 2 atom stereocenters. The topological polar surface area (TPSA) is 35.5 Å². The predicted octanol–water partition coefficient (Wildman–Crippen LogP) is 3.14. The molecule has 1 aromatic carbocycles. The van der Waals surface area contributed by atoms with Crippen LogP contribution >= 0.6 is 0 Å². The SMILES string of the molecule is CCCCOC(=O)[C@@H]1C[C@H]1c1ccc(OC)cc1. The largest absolute Gasteiger partial charge is 0.497 e. The number of hydrogen-bond acceptors (Lipinski definition) is 3. The Morgan fingerprint density at radius 1 is 1.33 bits per heavy atom. The standard InChI is InChI=1S/C15H20O3/c1-3-4-9-18-15(16)14-10-13(14)11-5-7-12(17-2)8-6-11/h5-8,13-14H,3-4,9-10H2,1-2H3/t13-,14+/m0/s1. The molecular formula is C15H20O3. The first kappa shape index (κ1) is 12.9. The van der Waals surface area contributed by atoms with Crippen molar-refractivity contribution in [3.05, 3.63) is 29.8 Å². The molecule has 2 rings (SSSR count). The van der Waals surface area contributed by atoms with Crippen LogP contribution in [0.5, 0.6) is 5.75 Å². The zero-order valence-electron chi connectivity index (χ0n) is 11.0. The fourth-order valence-corrected chi connectivity index (χ4v) is 2.10. The van der Waals surface area contributed by atoms with Crippen molar-refractivity contribution in [1.82, 2.24) is 0 Å². The Balaban J connectivity index is 1.84. The number of rotatable bonds is 6. The van der Waals surface area contributed by atoms with Crippen LogP contribution in [0.2, 0.25) is 0 Å². The van der Waals surface area contributed by atoms with Crippen LogP contribution in [-0.2, 0) is 9.53 Å². The quantitative estimate of drug-likeness (QED) is 0.573. The summed E-state index contributed by atoms with van der Waals surface area (Å²) in [6.07, 6.45) is 2.92. The first-order valence-electron chi connectivity index (χ1n) is 6.56. The highest BCUT2D eigenvalue weighted by Gasteiger charge is 2.45. The Morgan fingerprint density at radius 2 is 2.06 bits per heavy atom. The molecule has 1 aliphatic carbocycles. The van der Waals surface area contributed by atoms with Crippen LogP contribution in [0.4, 0.5) is 0 Å². The summed E-state index contributed by atoms with van der Waals surface area (Å²) >= 11 is 0. The predicted molar refractivity (Wildman–Crippen MR) is 69.7 cm³/mol. The van der Waals surface area contributed by atoms with Crippen molar-refractivity contribution >= 4 is 5.97 Å². The van der Waals surface area contributed by atoms with E-state index in [9.17, 15) is 4.79 Å². The molecule has 0 N–H and O–H groups in total. The van der Waals surface area contributed by atoms with Crippen molar-refractivity contribution in [1.29, 1.82) is 0 Å². The Kier molecular flexibility index (Phi) is 4.24. The summed E-state index contributed by atoms with van der Waals surface area (Å²) < 4.78 is 10.4. The summed E-state index contributed by atoms with van der Waals surface area (Å²) in [6.45, 7) is 2.65. The van der Waals surface area contributed by atoms with Crippen molar-refractivity contribution in [3.63, 3.8) is 0 Å². The lowest BCUT2D eigenvalue weighted by Gasteiger charge is -2.04. The van der Waals surface area contributed by atoms with Crippen molar-refractivity contribution in [2.45, 2.75) is 32.1 Å². The van der Waals surface area contributed by atoms with Crippen molar-refractivity contribution in [3.8, 4) is 5.75 Å². The second-order valence-corrected chi connectivity index (χ2v) is 4.74. The fourth-order valence-electron chi connectivity index (χ4n) is 2.10. The van der Waals surface area contributed by atoms with Crippen LogP contribution in [0.1, 0.15) is 37.7 Å². The molecular weight excluding hydrogens is 228 g/mol. The number of unbranched alkanes of at least 4 members (excludes halogenated alkanes) is 1. The number of esters is 1. The van der Waals surface area contributed by atoms with Gasteiger partial charge >= 0.3 is 5.97 Å². The maximum atomic E-state index is 11.7. The molecule has 0 bridgehead atoms. The van der Waals surface area contributed by atoms with Gasteiger partial charge in [0.25, 0.3) is 0 Å². The second kappa shape index (κ2) is 5.89. The Morgan fingerprint density at radius 3 is 2.67 bits per heavy atom. The van der Waals surface area contributed by atoms with Gasteiger partial charge in [0.15, 0.2) is 0 Å². The molecule has 1 saturated carbocycles. The van der Waals surface area contributed by atoms with Gasteiger partial charge in [0, 0.05) is 0 Å². The number of methoxy groups -OCH3 is 1. The van der Waals surface area contributed by atoms with E-state index in [1.54, 1.807) is 7.11 Å². The lowest BCUT2D eigenvalue weighted by molar-refractivity contribution is -0.145. The molecule has 0 aliphatic heterocycles. The van der Waals surface area contributed by atoms with Gasteiger partial charge < -0.3 is 9.47 Å². The molecule has 0 unspecified atom stereocenters. The van der Waals surface area contributed by atoms with E-state index in [-0.39, 0.29) is 11.9 Å². The molecule has 0 aromatic heterocycles. The molecule has 3 heteroatoms. The lowest BCUT2D eigenvalue weighted by atomic mass is 10.1. The van der Waals surface area contributed by atoms with Crippen LogP contribution in [-0.4, -0.2) is 19.7 Å². The van der Waals surface area contributed by atoms with Crippen molar-refractivity contribution in [2.75, 3.05) is 13.7 Å². The first-order chi connectivity index (χ1) is 8.76. The molecule has 3 nitrogen and oxygen atoms in total. The smallest absolute Gasteiger partial charge is 0.309 e. The third-order valence-electron chi connectivity index (χ3n) is 3.38. The molecule has 0 radical (unpaired) electrons. The molecule has 1 aliphatic rings.